The molecule has 0 radical (unpaired) electrons. The zero-order valence-corrected chi connectivity index (χ0v) is 12.5. The lowest BCUT2D eigenvalue weighted by atomic mass is 9.86. The average molecular weight is 290 g/mol. The molecule has 21 heavy (non-hydrogen) atoms. The van der Waals surface area contributed by atoms with Gasteiger partial charge < -0.3 is 14.9 Å². The molecule has 1 fully saturated rings. The molecule has 0 spiro atoms. The Kier molecular flexibility index (Phi) is 3.66. The summed E-state index contributed by atoms with van der Waals surface area (Å²) in [6.07, 6.45) is 1.73. The number of aliphatic hydroxyl groups excluding tert-OH is 1. The summed E-state index contributed by atoms with van der Waals surface area (Å²) in [6, 6.07) is 5.74. The Morgan fingerprint density at radius 3 is 2.81 bits per heavy atom. The molecule has 0 saturated heterocycles. The highest BCUT2D eigenvalue weighted by Crippen LogP contribution is 2.44. The standard InChI is InChI=1S/C17H22O4/c1-9-5-13(14(6-9)17(19)20)16(18)11-3-4-15-12(8-11)7-10(2)21-15/h3-4,8-10,13-14,16,18H,5-7H2,1-2H3,(H,19,20). The van der Waals surface area contributed by atoms with Crippen molar-refractivity contribution in [3.63, 3.8) is 0 Å². The first kappa shape index (κ1) is 14.4. The Balaban J connectivity index is 1.83. The van der Waals surface area contributed by atoms with Gasteiger partial charge in [-0.25, -0.2) is 0 Å². The highest BCUT2D eigenvalue weighted by atomic mass is 16.5. The highest BCUT2D eigenvalue weighted by Gasteiger charge is 2.41. The summed E-state index contributed by atoms with van der Waals surface area (Å²) in [5.74, 6) is -0.202. The van der Waals surface area contributed by atoms with E-state index in [-0.39, 0.29) is 12.0 Å². The number of benzene rings is 1. The summed E-state index contributed by atoms with van der Waals surface area (Å²) >= 11 is 0. The fourth-order valence-electron chi connectivity index (χ4n) is 3.84. The number of carbonyl (C=O) groups is 1. The number of hydrogen-bond acceptors (Lipinski definition) is 3. The highest BCUT2D eigenvalue weighted by molar-refractivity contribution is 5.71. The van der Waals surface area contributed by atoms with Crippen molar-refractivity contribution < 1.29 is 19.7 Å². The number of hydrogen-bond donors (Lipinski definition) is 2. The summed E-state index contributed by atoms with van der Waals surface area (Å²) in [6.45, 7) is 4.08. The third-order valence-electron chi connectivity index (χ3n) is 4.83. The normalized spacial score (nSPS) is 32.5. The van der Waals surface area contributed by atoms with E-state index < -0.39 is 18.0 Å². The van der Waals surface area contributed by atoms with Gasteiger partial charge in [0.25, 0.3) is 0 Å². The molecule has 1 aliphatic carbocycles. The summed E-state index contributed by atoms with van der Waals surface area (Å²) in [5.41, 5.74) is 1.92. The number of rotatable bonds is 3. The van der Waals surface area contributed by atoms with Gasteiger partial charge in [0.2, 0.25) is 0 Å². The van der Waals surface area contributed by atoms with Gasteiger partial charge in [0, 0.05) is 12.3 Å². The van der Waals surface area contributed by atoms with E-state index in [0.29, 0.717) is 12.3 Å². The first-order chi connectivity index (χ1) is 9.95. The van der Waals surface area contributed by atoms with Gasteiger partial charge in [0.15, 0.2) is 0 Å². The van der Waals surface area contributed by atoms with E-state index >= 15 is 0 Å². The summed E-state index contributed by atoms with van der Waals surface area (Å²) in [4.78, 5) is 11.4. The van der Waals surface area contributed by atoms with E-state index in [2.05, 4.69) is 6.92 Å². The van der Waals surface area contributed by atoms with Crippen LogP contribution in [0, 0.1) is 17.8 Å². The van der Waals surface area contributed by atoms with Crippen LogP contribution in [0.4, 0.5) is 0 Å². The van der Waals surface area contributed by atoms with Crippen molar-refractivity contribution in [2.75, 3.05) is 0 Å². The van der Waals surface area contributed by atoms with Gasteiger partial charge >= 0.3 is 5.97 Å². The molecule has 0 amide bonds. The summed E-state index contributed by atoms with van der Waals surface area (Å²) in [5, 5.41) is 20.0. The number of carboxylic acid groups (broad SMARTS) is 1. The van der Waals surface area contributed by atoms with Gasteiger partial charge in [-0.2, -0.15) is 0 Å². The molecule has 5 unspecified atom stereocenters. The van der Waals surface area contributed by atoms with E-state index in [9.17, 15) is 15.0 Å². The largest absolute Gasteiger partial charge is 0.490 e. The van der Waals surface area contributed by atoms with Crippen molar-refractivity contribution in [1.82, 2.24) is 0 Å². The Morgan fingerprint density at radius 1 is 1.33 bits per heavy atom. The van der Waals surface area contributed by atoms with Crippen LogP contribution in [-0.2, 0) is 11.2 Å². The molecule has 4 nitrogen and oxygen atoms in total. The first-order valence-corrected chi connectivity index (χ1v) is 7.66. The maximum atomic E-state index is 11.4. The van der Waals surface area contributed by atoms with Crippen LogP contribution in [0.15, 0.2) is 18.2 Å². The van der Waals surface area contributed by atoms with E-state index in [1.165, 1.54) is 0 Å². The van der Waals surface area contributed by atoms with Gasteiger partial charge in [-0.1, -0.05) is 13.0 Å². The maximum Gasteiger partial charge on any atom is 0.306 e. The van der Waals surface area contributed by atoms with Gasteiger partial charge in [0.05, 0.1) is 12.0 Å². The van der Waals surface area contributed by atoms with Crippen molar-refractivity contribution in [1.29, 1.82) is 0 Å². The Labute approximate surface area is 124 Å². The van der Waals surface area contributed by atoms with Crippen molar-refractivity contribution in [2.24, 2.45) is 17.8 Å². The van der Waals surface area contributed by atoms with E-state index in [1.807, 2.05) is 25.1 Å². The fraction of sp³-hybridized carbons (Fsp3) is 0.588. The molecule has 1 saturated carbocycles. The molecule has 1 aromatic carbocycles. The van der Waals surface area contributed by atoms with Crippen LogP contribution in [0.25, 0.3) is 0 Å². The molecule has 1 heterocycles. The minimum atomic E-state index is -0.790. The van der Waals surface area contributed by atoms with Gasteiger partial charge in [-0.05, 0) is 48.9 Å². The average Bonchev–Trinajstić information content (AvgIpc) is 2.98. The predicted molar refractivity (Wildman–Crippen MR) is 78.2 cm³/mol. The number of aliphatic carboxylic acids is 1. The second-order valence-corrected chi connectivity index (χ2v) is 6.63. The van der Waals surface area contributed by atoms with Gasteiger partial charge in [-0.3, -0.25) is 4.79 Å². The summed E-state index contributed by atoms with van der Waals surface area (Å²) < 4.78 is 5.67. The number of aliphatic hydroxyl groups is 1. The second kappa shape index (κ2) is 5.34. The third kappa shape index (κ3) is 2.64. The van der Waals surface area contributed by atoms with Crippen LogP contribution in [0.3, 0.4) is 0 Å². The number of carboxylic acids is 1. The molecular weight excluding hydrogens is 268 g/mol. The maximum absolute atomic E-state index is 11.4. The fourth-order valence-corrected chi connectivity index (χ4v) is 3.84. The molecule has 1 aromatic rings. The van der Waals surface area contributed by atoms with Crippen LogP contribution in [0.2, 0.25) is 0 Å². The van der Waals surface area contributed by atoms with Crippen LogP contribution in [0.5, 0.6) is 5.75 Å². The lowest BCUT2D eigenvalue weighted by Gasteiger charge is -2.23. The lowest BCUT2D eigenvalue weighted by molar-refractivity contribution is -0.144. The van der Waals surface area contributed by atoms with Gasteiger partial charge in [0.1, 0.15) is 11.9 Å². The van der Waals surface area contributed by atoms with Crippen LogP contribution < -0.4 is 4.74 Å². The van der Waals surface area contributed by atoms with Crippen LogP contribution in [-0.4, -0.2) is 22.3 Å². The summed E-state index contributed by atoms with van der Waals surface area (Å²) in [7, 11) is 0. The van der Waals surface area contributed by atoms with Crippen molar-refractivity contribution in [3.05, 3.63) is 29.3 Å². The topological polar surface area (TPSA) is 66.8 Å². The van der Waals surface area contributed by atoms with E-state index in [4.69, 9.17) is 4.74 Å². The quantitative estimate of drug-likeness (QED) is 0.898. The Bertz CT molecular complexity index is 554. The second-order valence-electron chi connectivity index (χ2n) is 6.63. The number of ether oxygens (including phenoxy) is 1. The molecule has 1 aliphatic heterocycles. The molecule has 0 bridgehead atoms. The van der Waals surface area contributed by atoms with Gasteiger partial charge in [-0.15, -0.1) is 0 Å². The van der Waals surface area contributed by atoms with Crippen molar-refractivity contribution >= 4 is 5.97 Å². The monoisotopic (exact) mass is 290 g/mol. The first-order valence-electron chi connectivity index (χ1n) is 7.66. The number of fused-ring (bicyclic) bond motifs is 1. The zero-order valence-electron chi connectivity index (χ0n) is 12.5. The lowest BCUT2D eigenvalue weighted by Crippen LogP contribution is -2.23. The van der Waals surface area contributed by atoms with Crippen molar-refractivity contribution in [3.8, 4) is 5.75 Å². The molecule has 4 heteroatoms. The molecule has 2 aliphatic rings. The van der Waals surface area contributed by atoms with E-state index in [1.54, 1.807) is 0 Å². The van der Waals surface area contributed by atoms with Crippen molar-refractivity contribution in [2.45, 2.75) is 45.3 Å². The Hall–Kier alpha value is -1.55. The molecule has 0 aromatic heterocycles. The zero-order chi connectivity index (χ0) is 15.1. The van der Waals surface area contributed by atoms with Crippen LogP contribution >= 0.6 is 0 Å². The SMILES string of the molecule is CC1CC(C(=O)O)C(C(O)c2ccc3c(c2)CC(C)O3)C1. The minimum absolute atomic E-state index is 0.172. The predicted octanol–water partition coefficient (Wildman–Crippen LogP) is 2.79. The van der Waals surface area contributed by atoms with Crippen LogP contribution in [0.1, 0.15) is 43.9 Å². The molecule has 3 rings (SSSR count). The molecule has 2 N–H and O–H groups in total. The molecule has 114 valence electrons. The smallest absolute Gasteiger partial charge is 0.306 e. The Morgan fingerprint density at radius 2 is 2.10 bits per heavy atom. The van der Waals surface area contributed by atoms with E-state index in [0.717, 1.165) is 29.7 Å². The molecular formula is C17H22O4. The minimum Gasteiger partial charge on any atom is -0.490 e. The third-order valence-corrected chi connectivity index (χ3v) is 4.83. The molecule has 5 atom stereocenters.